The molecule has 0 aliphatic carbocycles. The van der Waals surface area contributed by atoms with Gasteiger partial charge in [0, 0.05) is 34.8 Å². The lowest BCUT2D eigenvalue weighted by atomic mass is 9.82. The number of rotatable bonds is 16. The molecule has 4 heterocycles. The second-order valence-corrected chi connectivity index (χ2v) is 23.8. The summed E-state index contributed by atoms with van der Waals surface area (Å²) < 4.78 is 19.4. The molecule has 0 radical (unpaired) electrons. The number of anilines is 3. The number of ether oxygens (including phenoxy) is 3. The van der Waals surface area contributed by atoms with E-state index in [0.717, 1.165) is 63.3 Å². The summed E-state index contributed by atoms with van der Waals surface area (Å²) >= 11 is 3.71. The average molecular weight is 954 g/mol. The van der Waals surface area contributed by atoms with E-state index < -0.39 is 25.8 Å². The first-order valence-electron chi connectivity index (χ1n) is 22.7. The van der Waals surface area contributed by atoms with Gasteiger partial charge in [-0.25, -0.2) is 0 Å². The molecule has 1 unspecified atom stereocenters. The van der Waals surface area contributed by atoms with E-state index in [4.69, 9.17) is 14.2 Å². The Morgan fingerprint density at radius 1 is 0.969 bits per heavy atom. The molecule has 4 aliphatic heterocycles. The zero-order chi connectivity index (χ0) is 45.3. The number of aliphatic hydroxyl groups excluding tert-OH is 2. The SMILES string of the molecule is CCOc1ccc2c(c1)CC(NCCCCO)C(=O)N2c1ccc(CN2C(=O)[C@@]3(O[C@@H](CC(=O)N4CCC[C@H]4CO)[C@H]([Si](C)(C)c4ccc(OC)cc4)[C@H]3C)c3cc(Br)ccc32)cc1. The van der Waals surface area contributed by atoms with E-state index in [1.54, 1.807) is 16.9 Å². The number of carbonyl (C=O) groups is 3. The predicted molar refractivity (Wildman–Crippen MR) is 254 cm³/mol. The minimum Gasteiger partial charge on any atom is -0.497 e. The number of carbonyl (C=O) groups excluding carboxylic acids is 3. The van der Waals surface area contributed by atoms with Crippen molar-refractivity contribution in [1.82, 2.24) is 10.2 Å². The molecule has 64 heavy (non-hydrogen) atoms. The van der Waals surface area contributed by atoms with Crippen molar-refractivity contribution in [2.45, 2.75) is 101 Å². The van der Waals surface area contributed by atoms with E-state index >= 15 is 4.79 Å². The van der Waals surface area contributed by atoms with Gasteiger partial charge in [-0.1, -0.05) is 65.4 Å². The zero-order valence-corrected chi connectivity index (χ0v) is 40.1. The molecule has 340 valence electrons. The summed E-state index contributed by atoms with van der Waals surface area (Å²) in [5, 5.41) is 24.1. The normalized spacial score (nSPS) is 24.1. The van der Waals surface area contributed by atoms with Gasteiger partial charge in [0.25, 0.3) is 5.91 Å². The van der Waals surface area contributed by atoms with Crippen molar-refractivity contribution >= 4 is 64.0 Å². The minimum atomic E-state index is -2.51. The standard InChI is InChI=1S/C50H61BrN4O8Si/c1-6-62-39-18-22-43-34(26-39)27-42(52-23-7-8-25-56)48(59)55(43)36-14-11-33(12-15-36)30-54-44-21-13-35(51)28-41(44)50(49(54)60)32(2)47(64(4,5)40-19-16-38(61-3)17-20-40)45(63-50)29-46(58)53-24-9-10-37(53)31-57/h11-22,26,28,32,37,42,45,47,52,56-57H,6-10,23-25,27,29-31H2,1-5H3/t32-,37+,42?,45+,47-,50+/m1/s1. The van der Waals surface area contributed by atoms with E-state index in [1.807, 2.05) is 84.6 Å². The fourth-order valence-electron chi connectivity index (χ4n) is 10.9. The summed E-state index contributed by atoms with van der Waals surface area (Å²) in [6.07, 6.45) is 3.11. The highest BCUT2D eigenvalue weighted by Gasteiger charge is 2.66. The number of halogens is 1. The van der Waals surface area contributed by atoms with E-state index in [9.17, 15) is 19.8 Å². The third-order valence-corrected chi connectivity index (χ3v) is 19.0. The first-order valence-corrected chi connectivity index (χ1v) is 26.6. The highest BCUT2D eigenvalue weighted by molar-refractivity contribution is 9.10. The Balaban J connectivity index is 1.11. The van der Waals surface area contributed by atoms with Crippen LogP contribution in [-0.4, -0.2) is 99.1 Å². The number of benzene rings is 4. The number of amides is 3. The van der Waals surface area contributed by atoms with Crippen molar-refractivity contribution in [2.75, 3.05) is 49.8 Å². The van der Waals surface area contributed by atoms with Gasteiger partial charge >= 0.3 is 0 Å². The van der Waals surface area contributed by atoms with E-state index in [1.165, 1.54) is 5.19 Å². The zero-order valence-electron chi connectivity index (χ0n) is 37.5. The second kappa shape index (κ2) is 19.1. The van der Waals surface area contributed by atoms with Crippen LogP contribution in [-0.2, 0) is 37.7 Å². The summed E-state index contributed by atoms with van der Waals surface area (Å²) in [5.74, 6) is 0.945. The van der Waals surface area contributed by atoms with Crippen molar-refractivity contribution in [2.24, 2.45) is 5.92 Å². The third-order valence-electron chi connectivity index (χ3n) is 14.1. The fourth-order valence-corrected chi connectivity index (χ4v) is 15.3. The number of hydrogen-bond acceptors (Lipinski definition) is 9. The summed E-state index contributed by atoms with van der Waals surface area (Å²) in [6.45, 7) is 10.7. The molecule has 0 saturated carbocycles. The van der Waals surface area contributed by atoms with Crippen molar-refractivity contribution in [1.29, 1.82) is 0 Å². The quantitative estimate of drug-likeness (QED) is 0.0805. The maximum absolute atomic E-state index is 15.5. The minimum absolute atomic E-state index is 0.0551. The molecule has 2 fully saturated rings. The number of hydrogen-bond donors (Lipinski definition) is 3. The van der Waals surface area contributed by atoms with E-state index in [2.05, 4.69) is 53.4 Å². The molecule has 3 N–H and O–H groups in total. The van der Waals surface area contributed by atoms with Gasteiger partial charge in [0.2, 0.25) is 11.8 Å². The number of methoxy groups -OCH3 is 1. The van der Waals surface area contributed by atoms with Gasteiger partial charge in [0.05, 0.1) is 70.9 Å². The van der Waals surface area contributed by atoms with Crippen molar-refractivity contribution in [3.8, 4) is 11.5 Å². The molecule has 3 amide bonds. The predicted octanol–water partition coefficient (Wildman–Crippen LogP) is 6.94. The van der Waals surface area contributed by atoms with Gasteiger partial charge in [-0.2, -0.15) is 0 Å². The topological polar surface area (TPSA) is 141 Å². The van der Waals surface area contributed by atoms with E-state index in [-0.39, 0.29) is 61.4 Å². The maximum atomic E-state index is 15.5. The van der Waals surface area contributed by atoms with Crippen LogP contribution in [0.1, 0.15) is 62.6 Å². The summed E-state index contributed by atoms with van der Waals surface area (Å²) in [7, 11) is -0.856. The van der Waals surface area contributed by atoms with Crippen molar-refractivity contribution in [3.05, 3.63) is 106 Å². The molecule has 12 nitrogen and oxygen atoms in total. The van der Waals surface area contributed by atoms with Gasteiger partial charge in [-0.15, -0.1) is 0 Å². The van der Waals surface area contributed by atoms with Crippen LogP contribution in [0, 0.1) is 5.92 Å². The van der Waals surface area contributed by atoms with Gasteiger partial charge in [0.15, 0.2) is 5.60 Å². The molecule has 4 aliphatic rings. The molecular weight excluding hydrogens is 893 g/mol. The maximum Gasteiger partial charge on any atom is 0.264 e. The Hall–Kier alpha value is -4.57. The smallest absolute Gasteiger partial charge is 0.264 e. The van der Waals surface area contributed by atoms with Gasteiger partial charge in [0.1, 0.15) is 11.5 Å². The van der Waals surface area contributed by atoms with Gasteiger partial charge in [-0.05, 0) is 123 Å². The molecule has 14 heteroatoms. The molecule has 4 aromatic carbocycles. The van der Waals surface area contributed by atoms with E-state index in [0.29, 0.717) is 38.2 Å². The lowest BCUT2D eigenvalue weighted by Crippen LogP contribution is -2.52. The van der Waals surface area contributed by atoms with Crippen LogP contribution < -0.4 is 29.8 Å². The summed E-state index contributed by atoms with van der Waals surface area (Å²) in [4.78, 5) is 49.3. The Morgan fingerprint density at radius 3 is 2.41 bits per heavy atom. The molecule has 0 aromatic heterocycles. The van der Waals surface area contributed by atoms with Crippen molar-refractivity contribution < 1.29 is 38.8 Å². The fraction of sp³-hybridized carbons (Fsp3) is 0.460. The summed E-state index contributed by atoms with van der Waals surface area (Å²) in [6, 6.07) is 27.1. The Kier molecular flexibility index (Phi) is 13.7. The van der Waals surface area contributed by atoms with Crippen molar-refractivity contribution in [3.63, 3.8) is 0 Å². The number of nitrogens with one attached hydrogen (secondary N) is 1. The average Bonchev–Trinajstić information content (AvgIpc) is 3.96. The Labute approximate surface area is 386 Å². The van der Waals surface area contributed by atoms with Crippen LogP contribution in [0.2, 0.25) is 18.6 Å². The number of aliphatic hydroxyl groups is 2. The van der Waals surface area contributed by atoms with Crippen LogP contribution >= 0.6 is 15.9 Å². The molecule has 4 aromatic rings. The molecule has 2 saturated heterocycles. The van der Waals surface area contributed by atoms with Crippen LogP contribution in [0.15, 0.2) is 89.4 Å². The monoisotopic (exact) mass is 952 g/mol. The largest absolute Gasteiger partial charge is 0.497 e. The van der Waals surface area contributed by atoms with Crippen LogP contribution in [0.5, 0.6) is 11.5 Å². The number of nitrogens with zero attached hydrogens (tertiary/aromatic N) is 3. The lowest BCUT2D eigenvalue weighted by molar-refractivity contribution is -0.150. The van der Waals surface area contributed by atoms with Gasteiger partial charge in [-0.3, -0.25) is 19.3 Å². The molecule has 0 bridgehead atoms. The first kappa shape index (κ1) is 46.0. The van der Waals surface area contributed by atoms with Crippen LogP contribution in [0.3, 0.4) is 0 Å². The van der Waals surface area contributed by atoms with Crippen LogP contribution in [0.25, 0.3) is 0 Å². The number of fused-ring (bicyclic) bond motifs is 3. The van der Waals surface area contributed by atoms with Crippen LogP contribution in [0.4, 0.5) is 17.1 Å². The second-order valence-electron chi connectivity index (χ2n) is 18.2. The summed E-state index contributed by atoms with van der Waals surface area (Å²) in [5.41, 5.74) is 3.46. The molecule has 6 atom stereocenters. The lowest BCUT2D eigenvalue weighted by Gasteiger charge is -2.37. The Morgan fingerprint density at radius 2 is 1.70 bits per heavy atom. The highest BCUT2D eigenvalue weighted by Crippen LogP contribution is 2.60. The van der Waals surface area contributed by atoms with Gasteiger partial charge < -0.3 is 39.5 Å². The number of likely N-dealkylation sites (tertiary alicyclic amines) is 1. The molecule has 8 rings (SSSR count). The highest BCUT2D eigenvalue weighted by atomic mass is 79.9. The third kappa shape index (κ3) is 8.41. The molecular formula is C50H61BrN4O8Si. The Bertz CT molecular complexity index is 2350. The first-order chi connectivity index (χ1) is 30.9. The molecule has 1 spiro atoms. The number of unbranched alkanes of at least 4 members (excludes halogenated alkanes) is 1.